The lowest BCUT2D eigenvalue weighted by molar-refractivity contribution is 0.245. The third-order valence-corrected chi connectivity index (χ3v) is 3.94. The zero-order chi connectivity index (χ0) is 18.5. The Kier molecular flexibility index (Phi) is 14.5. The van der Waals surface area contributed by atoms with Crippen molar-refractivity contribution in [3.8, 4) is 5.75 Å². The molecule has 1 atom stereocenters. The van der Waals surface area contributed by atoms with Crippen molar-refractivity contribution in [2.75, 3.05) is 32.8 Å². The summed E-state index contributed by atoms with van der Waals surface area (Å²) in [7, 11) is 0. The van der Waals surface area contributed by atoms with Gasteiger partial charge in [-0.3, -0.25) is 4.99 Å². The number of benzene rings is 1. The molecule has 3 N–H and O–H groups in total. The molecule has 1 rings (SSSR count). The van der Waals surface area contributed by atoms with Crippen molar-refractivity contribution in [2.45, 2.75) is 40.5 Å². The summed E-state index contributed by atoms with van der Waals surface area (Å²) in [6.45, 7) is 11.6. The number of aryl methyl sites for hydroxylation is 1. The molecule has 0 aliphatic rings. The summed E-state index contributed by atoms with van der Waals surface area (Å²) in [6, 6.07) is 8.03. The second-order valence-corrected chi connectivity index (χ2v) is 6.77. The predicted octanol–water partition coefficient (Wildman–Crippen LogP) is 3.59. The van der Waals surface area contributed by atoms with Crippen LogP contribution in [0.3, 0.4) is 0 Å². The average molecular weight is 477 g/mol. The topological polar surface area (TPSA) is 65.9 Å². The van der Waals surface area contributed by atoms with Gasteiger partial charge in [0.05, 0.1) is 6.54 Å². The maximum atomic E-state index is 9.23. The maximum Gasteiger partial charge on any atom is 0.191 e. The van der Waals surface area contributed by atoms with Gasteiger partial charge in [-0.25, -0.2) is 0 Å². The predicted molar refractivity (Wildman–Crippen MR) is 121 cm³/mol. The fraction of sp³-hybridized carbons (Fsp3) is 0.650. The SMILES string of the molecule is CCNC(=NCC(CCO)CC(C)C)NCCOc1ccccc1C.I. The van der Waals surface area contributed by atoms with Crippen molar-refractivity contribution >= 4 is 29.9 Å². The summed E-state index contributed by atoms with van der Waals surface area (Å²) in [5.74, 6) is 2.77. The van der Waals surface area contributed by atoms with Crippen LogP contribution in [0.5, 0.6) is 5.75 Å². The van der Waals surface area contributed by atoms with Gasteiger partial charge in [0.1, 0.15) is 12.4 Å². The number of hydrogen-bond donors (Lipinski definition) is 3. The summed E-state index contributed by atoms with van der Waals surface area (Å²) < 4.78 is 5.80. The first-order valence-electron chi connectivity index (χ1n) is 9.38. The Morgan fingerprint density at radius 2 is 1.96 bits per heavy atom. The summed E-state index contributed by atoms with van der Waals surface area (Å²) >= 11 is 0. The molecule has 0 amide bonds. The maximum absolute atomic E-state index is 9.23. The second-order valence-electron chi connectivity index (χ2n) is 6.77. The van der Waals surface area contributed by atoms with E-state index < -0.39 is 0 Å². The first-order valence-corrected chi connectivity index (χ1v) is 9.38. The monoisotopic (exact) mass is 477 g/mol. The summed E-state index contributed by atoms with van der Waals surface area (Å²) in [4.78, 5) is 4.68. The number of nitrogens with one attached hydrogen (secondary N) is 2. The quantitative estimate of drug-likeness (QED) is 0.197. The van der Waals surface area contributed by atoms with Gasteiger partial charge in [0.15, 0.2) is 5.96 Å². The Labute approximate surface area is 176 Å². The Morgan fingerprint density at radius 3 is 2.58 bits per heavy atom. The lowest BCUT2D eigenvalue weighted by Gasteiger charge is -2.17. The Morgan fingerprint density at radius 1 is 1.23 bits per heavy atom. The van der Waals surface area contributed by atoms with Gasteiger partial charge in [-0.2, -0.15) is 0 Å². The van der Waals surface area contributed by atoms with Crippen LogP contribution in [0.25, 0.3) is 0 Å². The van der Waals surface area contributed by atoms with Crippen LogP contribution >= 0.6 is 24.0 Å². The van der Waals surface area contributed by atoms with Crippen LogP contribution in [0.4, 0.5) is 0 Å². The number of hydrogen-bond acceptors (Lipinski definition) is 3. The van der Waals surface area contributed by atoms with Gasteiger partial charge in [0.2, 0.25) is 0 Å². The van der Waals surface area contributed by atoms with E-state index in [4.69, 9.17) is 4.74 Å². The molecule has 0 aromatic heterocycles. The Balaban J connectivity index is 0.00000625. The third kappa shape index (κ3) is 10.9. The lowest BCUT2D eigenvalue weighted by atomic mass is 9.94. The molecular formula is C20H36IN3O2. The van der Waals surface area contributed by atoms with Crippen molar-refractivity contribution in [3.05, 3.63) is 29.8 Å². The molecule has 0 aliphatic heterocycles. The number of nitrogens with zero attached hydrogens (tertiary/aromatic N) is 1. The van der Waals surface area contributed by atoms with Crippen LogP contribution in [0, 0.1) is 18.8 Å². The zero-order valence-corrected chi connectivity index (χ0v) is 19.0. The number of ether oxygens (including phenoxy) is 1. The van der Waals surface area contributed by atoms with E-state index in [1.165, 1.54) is 0 Å². The summed E-state index contributed by atoms with van der Waals surface area (Å²) in [5, 5.41) is 15.8. The number of aliphatic hydroxyl groups excluding tert-OH is 1. The molecule has 0 fully saturated rings. The minimum Gasteiger partial charge on any atom is -0.491 e. The van der Waals surface area contributed by atoms with Gasteiger partial charge in [-0.15, -0.1) is 24.0 Å². The van der Waals surface area contributed by atoms with Crippen molar-refractivity contribution in [3.63, 3.8) is 0 Å². The minimum absolute atomic E-state index is 0. The average Bonchev–Trinajstić information content (AvgIpc) is 2.57. The van der Waals surface area contributed by atoms with Gasteiger partial charge in [-0.05, 0) is 50.2 Å². The normalized spacial score (nSPS) is 12.5. The van der Waals surface area contributed by atoms with Crippen molar-refractivity contribution in [1.82, 2.24) is 10.6 Å². The van der Waals surface area contributed by atoms with Gasteiger partial charge < -0.3 is 20.5 Å². The van der Waals surface area contributed by atoms with Crippen LogP contribution in [0.15, 0.2) is 29.3 Å². The highest BCUT2D eigenvalue weighted by Gasteiger charge is 2.10. The number of aliphatic imine (C=N–C) groups is 1. The molecule has 0 heterocycles. The van der Waals surface area contributed by atoms with E-state index in [0.717, 1.165) is 43.2 Å². The lowest BCUT2D eigenvalue weighted by Crippen LogP contribution is -2.39. The Hall–Kier alpha value is -1.02. The first kappa shape index (κ1) is 25.0. The minimum atomic E-state index is 0. The van der Waals surface area contributed by atoms with Crippen LogP contribution in [-0.4, -0.2) is 43.9 Å². The zero-order valence-electron chi connectivity index (χ0n) is 16.6. The number of rotatable bonds is 11. The van der Waals surface area contributed by atoms with Gasteiger partial charge in [0.25, 0.3) is 0 Å². The van der Waals surface area contributed by atoms with E-state index >= 15 is 0 Å². The fourth-order valence-corrected chi connectivity index (χ4v) is 2.74. The second kappa shape index (κ2) is 15.1. The number of para-hydroxylation sites is 1. The molecule has 26 heavy (non-hydrogen) atoms. The van der Waals surface area contributed by atoms with Gasteiger partial charge >= 0.3 is 0 Å². The fourth-order valence-electron chi connectivity index (χ4n) is 2.74. The number of aliphatic hydroxyl groups is 1. The molecule has 1 unspecified atom stereocenters. The van der Waals surface area contributed by atoms with Crippen molar-refractivity contribution in [2.24, 2.45) is 16.8 Å². The van der Waals surface area contributed by atoms with E-state index in [1.807, 2.05) is 31.2 Å². The molecular weight excluding hydrogens is 441 g/mol. The highest BCUT2D eigenvalue weighted by molar-refractivity contribution is 14.0. The molecule has 6 heteroatoms. The molecule has 0 aliphatic carbocycles. The Bertz CT molecular complexity index is 510. The van der Waals surface area contributed by atoms with E-state index in [0.29, 0.717) is 25.0 Å². The van der Waals surface area contributed by atoms with Crippen LogP contribution in [0.1, 0.15) is 39.2 Å². The first-order chi connectivity index (χ1) is 12.1. The molecule has 0 radical (unpaired) electrons. The molecule has 1 aromatic rings. The molecule has 0 spiro atoms. The molecule has 0 saturated heterocycles. The standard InChI is InChI=1S/C20H35N3O2.HI/c1-5-21-20(23-15-18(10-12-24)14-16(2)3)22-11-13-25-19-9-7-6-8-17(19)4;/h6-9,16,18,24H,5,10-15H2,1-4H3,(H2,21,22,23);1H. The molecule has 5 nitrogen and oxygen atoms in total. The molecule has 0 saturated carbocycles. The third-order valence-electron chi connectivity index (χ3n) is 3.94. The number of halogens is 1. The molecule has 150 valence electrons. The summed E-state index contributed by atoms with van der Waals surface area (Å²) in [6.07, 6.45) is 1.89. The molecule has 0 bridgehead atoms. The van der Waals surface area contributed by atoms with Crippen molar-refractivity contribution in [1.29, 1.82) is 0 Å². The molecule has 1 aromatic carbocycles. The van der Waals surface area contributed by atoms with Crippen LogP contribution in [0.2, 0.25) is 0 Å². The van der Waals surface area contributed by atoms with Crippen LogP contribution < -0.4 is 15.4 Å². The summed E-state index contributed by atoms with van der Waals surface area (Å²) in [5.41, 5.74) is 1.14. The van der Waals surface area contributed by atoms with Crippen molar-refractivity contribution < 1.29 is 9.84 Å². The smallest absolute Gasteiger partial charge is 0.191 e. The number of guanidine groups is 1. The van der Waals surface area contributed by atoms with E-state index in [2.05, 4.69) is 36.4 Å². The van der Waals surface area contributed by atoms with E-state index in [-0.39, 0.29) is 30.6 Å². The highest BCUT2D eigenvalue weighted by atomic mass is 127. The van der Waals surface area contributed by atoms with Crippen LogP contribution in [-0.2, 0) is 0 Å². The van der Waals surface area contributed by atoms with E-state index in [1.54, 1.807) is 0 Å². The van der Waals surface area contributed by atoms with Gasteiger partial charge in [0, 0.05) is 19.7 Å². The highest BCUT2D eigenvalue weighted by Crippen LogP contribution is 2.16. The van der Waals surface area contributed by atoms with Gasteiger partial charge in [-0.1, -0.05) is 32.0 Å². The largest absolute Gasteiger partial charge is 0.491 e. The van der Waals surface area contributed by atoms with E-state index in [9.17, 15) is 5.11 Å².